The first kappa shape index (κ1) is 23.7. The van der Waals surface area contributed by atoms with Gasteiger partial charge in [-0.3, -0.25) is 9.59 Å². The lowest BCUT2D eigenvalue weighted by atomic mass is 9.97. The Morgan fingerprint density at radius 3 is 2.62 bits per heavy atom. The first-order valence-corrected chi connectivity index (χ1v) is 11.3. The van der Waals surface area contributed by atoms with Gasteiger partial charge in [0.25, 0.3) is 11.8 Å². The van der Waals surface area contributed by atoms with Gasteiger partial charge in [-0.05, 0) is 68.5 Å². The minimum atomic E-state index is -0.473. The normalized spacial score (nSPS) is 14.3. The minimum absolute atomic E-state index is 0.183. The van der Waals surface area contributed by atoms with Crippen molar-refractivity contribution in [2.75, 3.05) is 43.1 Å². The predicted molar refractivity (Wildman–Crippen MR) is 125 cm³/mol. The van der Waals surface area contributed by atoms with Crippen LogP contribution in [-0.4, -0.2) is 44.7 Å². The molecule has 1 saturated heterocycles. The molecule has 0 bridgehead atoms. The van der Waals surface area contributed by atoms with Crippen molar-refractivity contribution in [3.8, 4) is 0 Å². The van der Waals surface area contributed by atoms with E-state index in [4.69, 9.17) is 4.74 Å². The molecule has 0 radical (unpaired) electrons. The van der Waals surface area contributed by atoms with Crippen molar-refractivity contribution in [3.05, 3.63) is 59.4 Å². The molecule has 1 heterocycles. The quantitative estimate of drug-likeness (QED) is 0.564. The standard InChI is InChI=1S/C25H32FN3O3/c1-3-32-15-5-12-27-25(31)22-17-21(28-24(30)19-6-4-7-20(26)16-19)8-9-23(22)29-13-10-18(2)11-14-29/h4,6-9,16-18H,3,5,10-15H2,1-2H3,(H,27,31)(H,28,30). The number of nitrogens with one attached hydrogen (secondary N) is 2. The van der Waals surface area contributed by atoms with Gasteiger partial charge in [0.1, 0.15) is 5.82 Å². The monoisotopic (exact) mass is 441 g/mol. The molecule has 0 saturated carbocycles. The predicted octanol–water partition coefficient (Wildman–Crippen LogP) is 4.47. The van der Waals surface area contributed by atoms with Crippen molar-refractivity contribution in [3.63, 3.8) is 0 Å². The van der Waals surface area contributed by atoms with Crippen LogP contribution in [0.5, 0.6) is 0 Å². The van der Waals surface area contributed by atoms with Crippen LogP contribution in [-0.2, 0) is 4.74 Å². The van der Waals surface area contributed by atoms with E-state index in [0.29, 0.717) is 36.9 Å². The van der Waals surface area contributed by atoms with E-state index in [1.807, 2.05) is 13.0 Å². The van der Waals surface area contributed by atoms with E-state index in [-0.39, 0.29) is 11.5 Å². The Morgan fingerprint density at radius 1 is 1.12 bits per heavy atom. The number of piperidine rings is 1. The summed E-state index contributed by atoms with van der Waals surface area (Å²) < 4.78 is 18.8. The molecule has 3 rings (SSSR count). The number of nitrogens with zero attached hydrogens (tertiary/aromatic N) is 1. The molecule has 2 amide bonds. The summed E-state index contributed by atoms with van der Waals surface area (Å²) in [6.07, 6.45) is 2.88. The Bertz CT molecular complexity index is 926. The summed E-state index contributed by atoms with van der Waals surface area (Å²) in [5.74, 6) is -0.407. The third kappa shape index (κ3) is 6.53. The Labute approximate surface area is 189 Å². The summed E-state index contributed by atoms with van der Waals surface area (Å²) in [4.78, 5) is 27.8. The molecule has 0 spiro atoms. The molecule has 0 aromatic heterocycles. The molecule has 1 aliphatic heterocycles. The van der Waals surface area contributed by atoms with Crippen molar-refractivity contribution in [2.45, 2.75) is 33.1 Å². The van der Waals surface area contributed by atoms with Crippen LogP contribution in [0.4, 0.5) is 15.8 Å². The highest BCUT2D eigenvalue weighted by molar-refractivity contribution is 6.06. The zero-order valence-electron chi connectivity index (χ0n) is 18.8. The summed E-state index contributed by atoms with van der Waals surface area (Å²) in [5, 5.41) is 5.74. The first-order chi connectivity index (χ1) is 15.5. The van der Waals surface area contributed by atoms with Crippen molar-refractivity contribution in [1.29, 1.82) is 0 Å². The molecule has 1 aliphatic rings. The largest absolute Gasteiger partial charge is 0.382 e. The van der Waals surface area contributed by atoms with Crippen molar-refractivity contribution in [2.24, 2.45) is 5.92 Å². The number of rotatable bonds is 9. The van der Waals surface area contributed by atoms with Gasteiger partial charge in [-0.15, -0.1) is 0 Å². The SMILES string of the molecule is CCOCCCNC(=O)c1cc(NC(=O)c2cccc(F)c2)ccc1N1CCC(C)CC1. The average Bonchev–Trinajstić information content (AvgIpc) is 2.79. The zero-order valence-corrected chi connectivity index (χ0v) is 18.8. The number of hydrogen-bond acceptors (Lipinski definition) is 4. The van der Waals surface area contributed by atoms with Crippen LogP contribution >= 0.6 is 0 Å². The number of carbonyl (C=O) groups is 2. The van der Waals surface area contributed by atoms with Gasteiger partial charge >= 0.3 is 0 Å². The Morgan fingerprint density at radius 2 is 1.91 bits per heavy atom. The number of amides is 2. The highest BCUT2D eigenvalue weighted by Gasteiger charge is 2.22. The van der Waals surface area contributed by atoms with Gasteiger partial charge in [0.15, 0.2) is 0 Å². The molecule has 0 atom stereocenters. The van der Waals surface area contributed by atoms with E-state index in [0.717, 1.165) is 38.0 Å². The van der Waals surface area contributed by atoms with Crippen LogP contribution in [0.1, 0.15) is 53.8 Å². The molecule has 0 aliphatic carbocycles. The lowest BCUT2D eigenvalue weighted by molar-refractivity contribution is 0.0943. The van der Waals surface area contributed by atoms with Crippen molar-refractivity contribution in [1.82, 2.24) is 5.32 Å². The molecule has 172 valence electrons. The van der Waals surface area contributed by atoms with Crippen molar-refractivity contribution < 1.29 is 18.7 Å². The molecule has 1 fully saturated rings. The Hall–Kier alpha value is -2.93. The van der Waals surface area contributed by atoms with Gasteiger partial charge in [0.05, 0.1) is 5.56 Å². The highest BCUT2D eigenvalue weighted by atomic mass is 19.1. The topological polar surface area (TPSA) is 70.7 Å². The van der Waals surface area contributed by atoms with Crippen LogP contribution in [0.25, 0.3) is 0 Å². The number of carbonyl (C=O) groups excluding carboxylic acids is 2. The van der Waals surface area contributed by atoms with Gasteiger partial charge < -0.3 is 20.3 Å². The number of ether oxygens (including phenoxy) is 1. The van der Waals surface area contributed by atoms with Gasteiger partial charge in [0, 0.05) is 49.8 Å². The lowest BCUT2D eigenvalue weighted by Crippen LogP contribution is -2.35. The summed E-state index contributed by atoms with van der Waals surface area (Å²) in [6, 6.07) is 10.9. The number of hydrogen-bond donors (Lipinski definition) is 2. The minimum Gasteiger partial charge on any atom is -0.382 e. The maximum Gasteiger partial charge on any atom is 0.255 e. The van der Waals surface area contributed by atoms with E-state index in [1.165, 1.54) is 18.2 Å². The van der Waals surface area contributed by atoms with Crippen LogP contribution < -0.4 is 15.5 Å². The van der Waals surface area contributed by atoms with Gasteiger partial charge in [0.2, 0.25) is 0 Å². The summed E-state index contributed by atoms with van der Waals surface area (Å²) >= 11 is 0. The number of anilines is 2. The van der Waals surface area contributed by atoms with E-state index < -0.39 is 11.7 Å². The average molecular weight is 442 g/mol. The molecule has 32 heavy (non-hydrogen) atoms. The molecule has 0 unspecified atom stereocenters. The fourth-order valence-electron chi connectivity index (χ4n) is 3.77. The van der Waals surface area contributed by atoms with Crippen LogP contribution in [0.3, 0.4) is 0 Å². The molecule has 6 nitrogen and oxygen atoms in total. The van der Waals surface area contributed by atoms with Gasteiger partial charge in [-0.1, -0.05) is 13.0 Å². The van der Waals surface area contributed by atoms with E-state index in [1.54, 1.807) is 18.2 Å². The van der Waals surface area contributed by atoms with Crippen LogP contribution in [0, 0.1) is 11.7 Å². The zero-order chi connectivity index (χ0) is 22.9. The summed E-state index contributed by atoms with van der Waals surface area (Å²) in [5.41, 5.74) is 2.10. The van der Waals surface area contributed by atoms with Crippen LogP contribution in [0.2, 0.25) is 0 Å². The molecule has 7 heteroatoms. The first-order valence-electron chi connectivity index (χ1n) is 11.3. The summed E-state index contributed by atoms with van der Waals surface area (Å²) in [7, 11) is 0. The fourth-order valence-corrected chi connectivity index (χ4v) is 3.77. The second-order valence-corrected chi connectivity index (χ2v) is 8.17. The van der Waals surface area contributed by atoms with E-state index >= 15 is 0 Å². The summed E-state index contributed by atoms with van der Waals surface area (Å²) in [6.45, 7) is 7.72. The Balaban J connectivity index is 1.78. The van der Waals surface area contributed by atoms with Gasteiger partial charge in [-0.25, -0.2) is 4.39 Å². The smallest absolute Gasteiger partial charge is 0.255 e. The maximum absolute atomic E-state index is 13.5. The van der Waals surface area contributed by atoms with Crippen LogP contribution in [0.15, 0.2) is 42.5 Å². The van der Waals surface area contributed by atoms with Crippen molar-refractivity contribution >= 4 is 23.2 Å². The lowest BCUT2D eigenvalue weighted by Gasteiger charge is -2.33. The molecular formula is C25H32FN3O3. The molecule has 2 N–H and O–H groups in total. The number of halogens is 1. The molecular weight excluding hydrogens is 409 g/mol. The Kier molecular flexibility index (Phi) is 8.62. The van der Waals surface area contributed by atoms with Gasteiger partial charge in [-0.2, -0.15) is 0 Å². The fraction of sp³-hybridized carbons (Fsp3) is 0.440. The highest BCUT2D eigenvalue weighted by Crippen LogP contribution is 2.29. The maximum atomic E-state index is 13.5. The number of benzene rings is 2. The molecule has 2 aromatic rings. The molecule has 2 aromatic carbocycles. The third-order valence-electron chi connectivity index (χ3n) is 5.67. The van der Waals surface area contributed by atoms with E-state index in [9.17, 15) is 14.0 Å². The second-order valence-electron chi connectivity index (χ2n) is 8.17. The third-order valence-corrected chi connectivity index (χ3v) is 5.67. The second kappa shape index (κ2) is 11.6. The van der Waals surface area contributed by atoms with E-state index in [2.05, 4.69) is 22.5 Å².